The minimum Gasteiger partial charge on any atom is -0.336 e. The molecule has 0 aromatic carbocycles. The SMILES string of the molecule is CCc1ncc(CNC(C)Cn2ccnc2)s1. The third-order valence-corrected chi connectivity index (χ3v) is 3.71. The van der Waals surface area contributed by atoms with Gasteiger partial charge in [0.25, 0.3) is 0 Å². The Morgan fingerprint density at radius 2 is 2.41 bits per heavy atom. The molecule has 0 amide bonds. The van der Waals surface area contributed by atoms with Gasteiger partial charge in [-0.3, -0.25) is 0 Å². The predicted octanol–water partition coefficient (Wildman–Crippen LogP) is 2.08. The smallest absolute Gasteiger partial charge is 0.0946 e. The van der Waals surface area contributed by atoms with Crippen LogP contribution in [0.15, 0.2) is 24.9 Å². The van der Waals surface area contributed by atoms with E-state index in [-0.39, 0.29) is 0 Å². The van der Waals surface area contributed by atoms with Crippen molar-refractivity contribution in [3.63, 3.8) is 0 Å². The summed E-state index contributed by atoms with van der Waals surface area (Å²) in [7, 11) is 0. The summed E-state index contributed by atoms with van der Waals surface area (Å²) in [5.41, 5.74) is 0. The highest BCUT2D eigenvalue weighted by Gasteiger charge is 2.04. The maximum absolute atomic E-state index is 4.35. The van der Waals surface area contributed by atoms with Crippen LogP contribution >= 0.6 is 11.3 Å². The Hall–Kier alpha value is -1.20. The monoisotopic (exact) mass is 250 g/mol. The van der Waals surface area contributed by atoms with Crippen LogP contribution in [0.2, 0.25) is 0 Å². The Morgan fingerprint density at radius 3 is 3.06 bits per heavy atom. The van der Waals surface area contributed by atoms with Gasteiger partial charge in [0.15, 0.2) is 0 Å². The number of imidazole rings is 1. The first-order chi connectivity index (χ1) is 8.28. The molecule has 5 heteroatoms. The summed E-state index contributed by atoms with van der Waals surface area (Å²) >= 11 is 1.79. The van der Waals surface area contributed by atoms with Gasteiger partial charge in [0.2, 0.25) is 0 Å². The van der Waals surface area contributed by atoms with Gasteiger partial charge in [0.05, 0.1) is 11.3 Å². The molecule has 1 N–H and O–H groups in total. The van der Waals surface area contributed by atoms with Crippen molar-refractivity contribution in [1.29, 1.82) is 0 Å². The summed E-state index contributed by atoms with van der Waals surface area (Å²) in [6.07, 6.45) is 8.64. The van der Waals surface area contributed by atoms with Crippen LogP contribution in [0.4, 0.5) is 0 Å². The van der Waals surface area contributed by atoms with E-state index in [2.05, 4.69) is 33.7 Å². The minimum absolute atomic E-state index is 0.427. The van der Waals surface area contributed by atoms with Gasteiger partial charge in [-0.15, -0.1) is 11.3 Å². The van der Waals surface area contributed by atoms with E-state index < -0.39 is 0 Å². The fraction of sp³-hybridized carbons (Fsp3) is 0.500. The van der Waals surface area contributed by atoms with Gasteiger partial charge >= 0.3 is 0 Å². The lowest BCUT2D eigenvalue weighted by Crippen LogP contribution is -2.29. The van der Waals surface area contributed by atoms with Crippen molar-refractivity contribution in [3.05, 3.63) is 34.8 Å². The number of hydrogen-bond acceptors (Lipinski definition) is 4. The Balaban J connectivity index is 1.77. The summed E-state index contributed by atoms with van der Waals surface area (Å²) in [6.45, 7) is 6.16. The maximum Gasteiger partial charge on any atom is 0.0946 e. The number of nitrogens with zero attached hydrogens (tertiary/aromatic N) is 3. The first-order valence-electron chi connectivity index (χ1n) is 5.90. The second kappa shape index (κ2) is 5.93. The molecule has 4 nitrogen and oxygen atoms in total. The standard InChI is InChI=1S/C12H18N4S/c1-3-12-15-7-11(17-12)6-14-10(2)8-16-5-4-13-9-16/h4-5,7,9-10,14H,3,6,8H2,1-2H3. The van der Waals surface area contributed by atoms with Crippen molar-refractivity contribution < 1.29 is 0 Å². The lowest BCUT2D eigenvalue weighted by atomic mass is 10.3. The highest BCUT2D eigenvalue weighted by atomic mass is 32.1. The van der Waals surface area contributed by atoms with Crippen LogP contribution in [-0.2, 0) is 19.5 Å². The van der Waals surface area contributed by atoms with Crippen LogP contribution in [0.5, 0.6) is 0 Å². The van der Waals surface area contributed by atoms with Crippen LogP contribution < -0.4 is 5.32 Å². The summed E-state index contributed by atoms with van der Waals surface area (Å²) in [5, 5.41) is 4.71. The topological polar surface area (TPSA) is 42.7 Å². The molecule has 92 valence electrons. The first kappa shape index (κ1) is 12.3. The molecule has 0 aliphatic carbocycles. The second-order valence-corrected chi connectivity index (χ2v) is 5.32. The van der Waals surface area contributed by atoms with Crippen molar-refractivity contribution >= 4 is 11.3 Å². The van der Waals surface area contributed by atoms with Crippen molar-refractivity contribution in [1.82, 2.24) is 19.9 Å². The molecule has 0 radical (unpaired) electrons. The van der Waals surface area contributed by atoms with Gasteiger partial charge in [-0.2, -0.15) is 0 Å². The maximum atomic E-state index is 4.35. The fourth-order valence-electron chi connectivity index (χ4n) is 1.64. The lowest BCUT2D eigenvalue weighted by molar-refractivity contribution is 0.478. The number of nitrogens with one attached hydrogen (secondary N) is 1. The molecule has 0 aliphatic heterocycles. The van der Waals surface area contributed by atoms with E-state index in [1.54, 1.807) is 11.3 Å². The molecule has 1 atom stereocenters. The summed E-state index contributed by atoms with van der Waals surface area (Å²) in [5.74, 6) is 0. The molecule has 0 fully saturated rings. The summed E-state index contributed by atoms with van der Waals surface area (Å²) < 4.78 is 2.09. The number of aryl methyl sites for hydroxylation is 1. The Bertz CT molecular complexity index is 435. The molecule has 0 aliphatic rings. The van der Waals surface area contributed by atoms with Gasteiger partial charge in [0.1, 0.15) is 0 Å². The molecule has 0 saturated heterocycles. The van der Waals surface area contributed by atoms with Crippen molar-refractivity contribution in [2.24, 2.45) is 0 Å². The first-order valence-corrected chi connectivity index (χ1v) is 6.72. The van der Waals surface area contributed by atoms with Crippen molar-refractivity contribution in [2.75, 3.05) is 0 Å². The third-order valence-electron chi connectivity index (χ3n) is 2.57. The van der Waals surface area contributed by atoms with E-state index in [4.69, 9.17) is 0 Å². The van der Waals surface area contributed by atoms with Crippen LogP contribution in [0.1, 0.15) is 23.7 Å². The Labute approximate surface area is 106 Å². The average molecular weight is 250 g/mol. The molecule has 0 bridgehead atoms. The zero-order chi connectivity index (χ0) is 12.1. The summed E-state index contributed by atoms with van der Waals surface area (Å²) in [6, 6.07) is 0.427. The van der Waals surface area contributed by atoms with Gasteiger partial charge < -0.3 is 9.88 Å². The van der Waals surface area contributed by atoms with Gasteiger partial charge in [-0.25, -0.2) is 9.97 Å². The number of rotatable bonds is 6. The Morgan fingerprint density at radius 1 is 1.53 bits per heavy atom. The van der Waals surface area contributed by atoms with E-state index in [9.17, 15) is 0 Å². The zero-order valence-electron chi connectivity index (χ0n) is 10.3. The molecule has 2 rings (SSSR count). The molecule has 1 unspecified atom stereocenters. The average Bonchev–Trinajstić information content (AvgIpc) is 2.96. The molecule has 17 heavy (non-hydrogen) atoms. The molecule has 2 heterocycles. The van der Waals surface area contributed by atoms with Gasteiger partial charge in [-0.1, -0.05) is 6.92 Å². The van der Waals surface area contributed by atoms with E-state index in [1.165, 1.54) is 9.88 Å². The van der Waals surface area contributed by atoms with Gasteiger partial charge in [0, 0.05) is 42.6 Å². The lowest BCUT2D eigenvalue weighted by Gasteiger charge is -2.13. The number of hydrogen-bond donors (Lipinski definition) is 1. The zero-order valence-corrected chi connectivity index (χ0v) is 11.1. The number of aromatic nitrogens is 3. The molecule has 2 aromatic heterocycles. The fourth-order valence-corrected chi connectivity index (χ4v) is 2.46. The van der Waals surface area contributed by atoms with E-state index in [0.717, 1.165) is 19.5 Å². The largest absolute Gasteiger partial charge is 0.336 e. The van der Waals surface area contributed by atoms with Gasteiger partial charge in [-0.05, 0) is 13.3 Å². The van der Waals surface area contributed by atoms with Crippen molar-refractivity contribution in [3.8, 4) is 0 Å². The molecular weight excluding hydrogens is 232 g/mol. The Kier molecular flexibility index (Phi) is 4.28. The molecule has 2 aromatic rings. The predicted molar refractivity (Wildman–Crippen MR) is 70.0 cm³/mol. The van der Waals surface area contributed by atoms with Crippen LogP contribution in [0.25, 0.3) is 0 Å². The van der Waals surface area contributed by atoms with E-state index in [1.807, 2.05) is 24.9 Å². The van der Waals surface area contributed by atoms with E-state index >= 15 is 0 Å². The highest BCUT2D eigenvalue weighted by molar-refractivity contribution is 7.11. The highest BCUT2D eigenvalue weighted by Crippen LogP contribution is 2.13. The van der Waals surface area contributed by atoms with Crippen LogP contribution in [-0.4, -0.2) is 20.6 Å². The van der Waals surface area contributed by atoms with Crippen LogP contribution in [0.3, 0.4) is 0 Å². The quantitative estimate of drug-likeness (QED) is 0.853. The molecule has 0 saturated carbocycles. The second-order valence-electron chi connectivity index (χ2n) is 4.12. The van der Waals surface area contributed by atoms with Crippen molar-refractivity contribution in [2.45, 2.75) is 39.4 Å². The van der Waals surface area contributed by atoms with Crippen LogP contribution in [0, 0.1) is 0 Å². The summed E-state index contributed by atoms with van der Waals surface area (Å²) in [4.78, 5) is 9.69. The minimum atomic E-state index is 0.427. The molecular formula is C12H18N4S. The normalized spacial score (nSPS) is 12.8. The third kappa shape index (κ3) is 3.64. The number of thiazole rings is 1. The molecule has 0 spiro atoms. The van der Waals surface area contributed by atoms with E-state index in [0.29, 0.717) is 6.04 Å².